The molecule has 21 heavy (non-hydrogen) atoms. The summed E-state index contributed by atoms with van der Waals surface area (Å²) in [5.41, 5.74) is 0.210. The first-order valence-corrected chi connectivity index (χ1v) is 6.52. The lowest BCUT2D eigenvalue weighted by atomic mass is 10.3. The average molecular weight is 310 g/mol. The maximum atomic E-state index is 12.3. The van der Waals surface area contributed by atoms with E-state index in [2.05, 4.69) is 10.1 Å². The first kappa shape index (κ1) is 13.6. The van der Waals surface area contributed by atoms with Crippen LogP contribution in [0.2, 0.25) is 5.28 Å². The van der Waals surface area contributed by atoms with Crippen LogP contribution in [0, 0.1) is 6.92 Å². The SMILES string of the molecule is Cc1cc(Cn2c(Cl)nc3c2c(=O)n(C)c(=O)n3C)no1. The molecule has 0 aromatic carbocycles. The van der Waals surface area contributed by atoms with Crippen molar-refractivity contribution >= 4 is 22.8 Å². The molecule has 0 fully saturated rings. The molecule has 3 aromatic rings. The number of rotatable bonds is 2. The van der Waals surface area contributed by atoms with E-state index in [1.54, 1.807) is 13.0 Å². The highest BCUT2D eigenvalue weighted by Crippen LogP contribution is 2.17. The van der Waals surface area contributed by atoms with E-state index in [4.69, 9.17) is 16.1 Å². The van der Waals surface area contributed by atoms with Crippen LogP contribution < -0.4 is 11.2 Å². The Morgan fingerprint density at radius 1 is 1.29 bits per heavy atom. The summed E-state index contributed by atoms with van der Waals surface area (Å²) in [4.78, 5) is 28.3. The lowest BCUT2D eigenvalue weighted by molar-refractivity contribution is 0.389. The van der Waals surface area contributed by atoms with Crippen molar-refractivity contribution in [1.82, 2.24) is 23.8 Å². The van der Waals surface area contributed by atoms with E-state index >= 15 is 0 Å². The zero-order valence-electron chi connectivity index (χ0n) is 11.6. The number of hydrogen-bond acceptors (Lipinski definition) is 5. The van der Waals surface area contributed by atoms with Crippen LogP contribution >= 0.6 is 11.6 Å². The fourth-order valence-corrected chi connectivity index (χ4v) is 2.44. The van der Waals surface area contributed by atoms with Gasteiger partial charge in [-0.05, 0) is 18.5 Å². The van der Waals surface area contributed by atoms with Gasteiger partial charge in [0.05, 0.1) is 6.54 Å². The Morgan fingerprint density at radius 3 is 2.62 bits per heavy atom. The molecule has 8 nitrogen and oxygen atoms in total. The largest absolute Gasteiger partial charge is 0.361 e. The quantitative estimate of drug-likeness (QED) is 0.641. The van der Waals surface area contributed by atoms with Gasteiger partial charge in [-0.15, -0.1) is 0 Å². The molecule has 0 atom stereocenters. The Morgan fingerprint density at radius 2 is 2.00 bits per heavy atom. The second-order valence-corrected chi connectivity index (χ2v) is 5.11. The van der Waals surface area contributed by atoms with Crippen molar-refractivity contribution in [1.29, 1.82) is 0 Å². The van der Waals surface area contributed by atoms with Gasteiger partial charge < -0.3 is 9.09 Å². The summed E-state index contributed by atoms with van der Waals surface area (Å²) in [5.74, 6) is 0.658. The lowest BCUT2D eigenvalue weighted by Gasteiger charge is -2.05. The summed E-state index contributed by atoms with van der Waals surface area (Å²) < 4.78 is 8.81. The van der Waals surface area contributed by atoms with Crippen LogP contribution in [-0.4, -0.2) is 23.8 Å². The molecular weight excluding hydrogens is 298 g/mol. The first-order chi connectivity index (χ1) is 9.90. The summed E-state index contributed by atoms with van der Waals surface area (Å²) in [6, 6.07) is 1.74. The van der Waals surface area contributed by atoms with Gasteiger partial charge in [-0.1, -0.05) is 5.16 Å². The highest BCUT2D eigenvalue weighted by molar-refractivity contribution is 6.29. The van der Waals surface area contributed by atoms with Gasteiger partial charge in [0.15, 0.2) is 11.2 Å². The third-order valence-electron chi connectivity index (χ3n) is 3.30. The molecule has 0 aliphatic rings. The molecule has 0 aliphatic heterocycles. The summed E-state index contributed by atoms with van der Waals surface area (Å²) in [5, 5.41) is 3.99. The zero-order chi connectivity index (χ0) is 15.3. The molecule has 0 radical (unpaired) electrons. The van der Waals surface area contributed by atoms with Crippen LogP contribution in [0.15, 0.2) is 20.2 Å². The van der Waals surface area contributed by atoms with E-state index in [1.165, 1.54) is 23.2 Å². The van der Waals surface area contributed by atoms with Crippen LogP contribution in [0.1, 0.15) is 11.5 Å². The minimum absolute atomic E-state index is 0.115. The summed E-state index contributed by atoms with van der Waals surface area (Å²) >= 11 is 6.10. The van der Waals surface area contributed by atoms with E-state index in [9.17, 15) is 9.59 Å². The second kappa shape index (κ2) is 4.59. The Bertz CT molecular complexity index is 962. The van der Waals surface area contributed by atoms with E-state index in [0.717, 1.165) is 4.57 Å². The maximum absolute atomic E-state index is 12.3. The number of hydrogen-bond donors (Lipinski definition) is 0. The Kier molecular flexibility index (Phi) is 2.98. The van der Waals surface area contributed by atoms with Gasteiger partial charge in [0, 0.05) is 20.2 Å². The number of halogens is 1. The predicted octanol–water partition coefficient (Wildman–Crippen LogP) is 0.432. The molecule has 9 heteroatoms. The van der Waals surface area contributed by atoms with Crippen LogP contribution in [0.25, 0.3) is 11.2 Å². The van der Waals surface area contributed by atoms with Crippen molar-refractivity contribution in [3.63, 3.8) is 0 Å². The van der Waals surface area contributed by atoms with Gasteiger partial charge in [0.1, 0.15) is 11.5 Å². The molecule has 0 unspecified atom stereocenters. The predicted molar refractivity (Wildman–Crippen MR) is 75.6 cm³/mol. The second-order valence-electron chi connectivity index (χ2n) is 4.77. The van der Waals surface area contributed by atoms with Crippen molar-refractivity contribution in [2.45, 2.75) is 13.5 Å². The molecule has 0 saturated carbocycles. The van der Waals surface area contributed by atoms with Crippen LogP contribution in [0.4, 0.5) is 0 Å². The molecule has 0 bridgehead atoms. The van der Waals surface area contributed by atoms with Gasteiger partial charge >= 0.3 is 5.69 Å². The van der Waals surface area contributed by atoms with Crippen molar-refractivity contribution in [2.24, 2.45) is 14.1 Å². The van der Waals surface area contributed by atoms with Crippen LogP contribution in [0.3, 0.4) is 0 Å². The van der Waals surface area contributed by atoms with Crippen LogP contribution in [0.5, 0.6) is 0 Å². The van der Waals surface area contributed by atoms with Crippen molar-refractivity contribution < 1.29 is 4.52 Å². The van der Waals surface area contributed by atoms with Gasteiger partial charge in [-0.2, -0.15) is 4.98 Å². The van der Waals surface area contributed by atoms with Gasteiger partial charge in [-0.3, -0.25) is 13.9 Å². The van der Waals surface area contributed by atoms with Crippen molar-refractivity contribution in [3.05, 3.63) is 43.6 Å². The monoisotopic (exact) mass is 309 g/mol. The summed E-state index contributed by atoms with van der Waals surface area (Å²) in [7, 11) is 2.95. The van der Waals surface area contributed by atoms with Crippen molar-refractivity contribution in [2.75, 3.05) is 0 Å². The molecular formula is C12H12ClN5O3. The fourth-order valence-electron chi connectivity index (χ4n) is 2.22. The number of aromatic nitrogens is 5. The molecule has 110 valence electrons. The minimum Gasteiger partial charge on any atom is -0.361 e. The first-order valence-electron chi connectivity index (χ1n) is 6.14. The average Bonchev–Trinajstić information content (AvgIpc) is 2.99. The number of imidazole rings is 1. The number of nitrogens with zero attached hydrogens (tertiary/aromatic N) is 5. The highest BCUT2D eigenvalue weighted by atomic mass is 35.5. The van der Waals surface area contributed by atoms with E-state index in [-0.39, 0.29) is 23.0 Å². The Balaban J connectivity index is 2.31. The van der Waals surface area contributed by atoms with Crippen molar-refractivity contribution in [3.8, 4) is 0 Å². The highest BCUT2D eigenvalue weighted by Gasteiger charge is 2.18. The molecule has 0 spiro atoms. The zero-order valence-corrected chi connectivity index (χ0v) is 12.4. The fraction of sp³-hybridized carbons (Fsp3) is 0.333. The third-order valence-corrected chi connectivity index (χ3v) is 3.59. The van der Waals surface area contributed by atoms with E-state index in [1.807, 2.05) is 0 Å². The minimum atomic E-state index is -0.453. The smallest absolute Gasteiger partial charge is 0.332 e. The topological polar surface area (TPSA) is 87.9 Å². The molecule has 3 rings (SSSR count). The van der Waals surface area contributed by atoms with Gasteiger partial charge in [-0.25, -0.2) is 4.79 Å². The number of aryl methyl sites for hydroxylation is 2. The Hall–Kier alpha value is -2.35. The van der Waals surface area contributed by atoms with Crippen LogP contribution in [-0.2, 0) is 20.6 Å². The molecule has 3 heterocycles. The van der Waals surface area contributed by atoms with Gasteiger partial charge in [0.2, 0.25) is 5.28 Å². The lowest BCUT2D eigenvalue weighted by Crippen LogP contribution is -2.37. The summed E-state index contributed by atoms with van der Waals surface area (Å²) in [6.45, 7) is 2.01. The molecule has 0 aliphatic carbocycles. The van der Waals surface area contributed by atoms with Gasteiger partial charge in [0.25, 0.3) is 5.56 Å². The van der Waals surface area contributed by atoms with E-state index < -0.39 is 11.2 Å². The standard InChI is InChI=1S/C12H12ClN5O3/c1-6-4-7(15-21-6)5-18-8-9(14-11(18)13)16(2)12(20)17(3)10(8)19/h4H,5H2,1-3H3. The molecule has 3 aromatic heterocycles. The normalized spacial score (nSPS) is 11.4. The molecule has 0 saturated heterocycles. The van der Waals surface area contributed by atoms with E-state index in [0.29, 0.717) is 11.5 Å². The Labute approximate surface area is 123 Å². The maximum Gasteiger partial charge on any atom is 0.332 e. The third kappa shape index (κ3) is 1.99. The molecule has 0 N–H and O–H groups in total. The molecule has 0 amide bonds. The number of fused-ring (bicyclic) bond motifs is 1. The summed E-state index contributed by atoms with van der Waals surface area (Å²) in [6.07, 6.45) is 0.